The standard InChI is InChI=1S/C28H35N3O3S/c1-3-35(33,34)24-13-8-21(9-14-24)18-29-28(32)22-10-15-26-25(17-22)30-27(31(26)23-11-12-23)16-20-6-4-19(2)5-7-20/h8-10,13-15,17,19-20,23H,3-7,11-12,16,18H2,1-2H3,(H,29,32). The topological polar surface area (TPSA) is 81.1 Å². The second kappa shape index (κ2) is 9.76. The van der Waals surface area contributed by atoms with E-state index in [1.54, 1.807) is 31.2 Å². The minimum Gasteiger partial charge on any atom is -0.348 e. The molecule has 0 spiro atoms. The van der Waals surface area contributed by atoms with Crippen molar-refractivity contribution in [2.45, 2.75) is 76.3 Å². The highest BCUT2D eigenvalue weighted by Crippen LogP contribution is 2.40. The molecule has 1 N–H and O–H groups in total. The van der Waals surface area contributed by atoms with Crippen molar-refractivity contribution in [2.75, 3.05) is 5.75 Å². The van der Waals surface area contributed by atoms with E-state index < -0.39 is 9.84 Å². The number of rotatable bonds is 8. The quantitative estimate of drug-likeness (QED) is 0.452. The first-order valence-electron chi connectivity index (χ1n) is 12.9. The van der Waals surface area contributed by atoms with Crippen LogP contribution in [0.15, 0.2) is 47.4 Å². The molecule has 0 unspecified atom stereocenters. The number of benzene rings is 2. The number of nitrogens with one attached hydrogen (secondary N) is 1. The lowest BCUT2D eigenvalue weighted by Gasteiger charge is -2.26. The number of sulfone groups is 1. The third-order valence-electron chi connectivity index (χ3n) is 7.66. The van der Waals surface area contributed by atoms with Gasteiger partial charge in [0.25, 0.3) is 5.91 Å². The van der Waals surface area contributed by atoms with Gasteiger partial charge in [0, 0.05) is 24.6 Å². The minimum atomic E-state index is -3.22. The molecular formula is C28H35N3O3S. The van der Waals surface area contributed by atoms with Crippen molar-refractivity contribution in [1.82, 2.24) is 14.9 Å². The summed E-state index contributed by atoms with van der Waals surface area (Å²) in [5.74, 6) is 2.66. The number of carbonyl (C=O) groups excluding carboxylic acids is 1. The Hall–Kier alpha value is -2.67. The van der Waals surface area contributed by atoms with Crippen LogP contribution in [-0.2, 0) is 22.8 Å². The molecule has 35 heavy (non-hydrogen) atoms. The SMILES string of the molecule is CCS(=O)(=O)c1ccc(CNC(=O)c2ccc3c(c2)nc(CC2CCC(C)CC2)n3C2CC2)cc1. The first-order valence-corrected chi connectivity index (χ1v) is 14.6. The van der Waals surface area contributed by atoms with Crippen LogP contribution in [0.3, 0.4) is 0 Å². The normalized spacial score (nSPS) is 20.7. The largest absolute Gasteiger partial charge is 0.348 e. The summed E-state index contributed by atoms with van der Waals surface area (Å²) in [5, 5.41) is 2.96. The molecule has 2 aliphatic rings. The van der Waals surface area contributed by atoms with Crippen LogP contribution in [0.4, 0.5) is 0 Å². The molecule has 2 aliphatic carbocycles. The molecule has 0 saturated heterocycles. The van der Waals surface area contributed by atoms with Gasteiger partial charge in [0.2, 0.25) is 0 Å². The predicted molar refractivity (Wildman–Crippen MR) is 138 cm³/mol. The zero-order valence-electron chi connectivity index (χ0n) is 20.7. The van der Waals surface area contributed by atoms with Crippen molar-refractivity contribution in [3.05, 3.63) is 59.4 Å². The van der Waals surface area contributed by atoms with Gasteiger partial charge in [0.1, 0.15) is 5.82 Å². The number of hydrogen-bond acceptors (Lipinski definition) is 4. The lowest BCUT2D eigenvalue weighted by molar-refractivity contribution is 0.0951. The first kappa shape index (κ1) is 24.0. The number of carbonyl (C=O) groups is 1. The molecule has 6 nitrogen and oxygen atoms in total. The molecule has 0 atom stereocenters. The highest BCUT2D eigenvalue weighted by atomic mass is 32.2. The third kappa shape index (κ3) is 5.30. The highest BCUT2D eigenvalue weighted by molar-refractivity contribution is 7.91. The summed E-state index contributed by atoms with van der Waals surface area (Å²) < 4.78 is 26.4. The maximum Gasteiger partial charge on any atom is 0.251 e. The molecule has 1 amide bonds. The second-order valence-corrected chi connectivity index (χ2v) is 12.7. The highest BCUT2D eigenvalue weighted by Gasteiger charge is 2.30. The molecule has 2 saturated carbocycles. The van der Waals surface area contributed by atoms with Crippen molar-refractivity contribution in [3.63, 3.8) is 0 Å². The first-order chi connectivity index (χ1) is 16.8. The smallest absolute Gasteiger partial charge is 0.251 e. The fraction of sp³-hybridized carbons (Fsp3) is 0.500. The number of fused-ring (bicyclic) bond motifs is 1. The molecule has 0 aliphatic heterocycles. The molecule has 3 aromatic rings. The van der Waals surface area contributed by atoms with E-state index in [4.69, 9.17) is 4.98 Å². The molecule has 0 radical (unpaired) electrons. The fourth-order valence-corrected chi connectivity index (χ4v) is 6.12. The average molecular weight is 494 g/mol. The Labute approximate surface area is 208 Å². The molecule has 0 bridgehead atoms. The Balaban J connectivity index is 1.29. The van der Waals surface area contributed by atoms with Crippen molar-refractivity contribution in [2.24, 2.45) is 11.8 Å². The zero-order valence-corrected chi connectivity index (χ0v) is 21.5. The van der Waals surface area contributed by atoms with Gasteiger partial charge in [-0.2, -0.15) is 0 Å². The summed E-state index contributed by atoms with van der Waals surface area (Å²) in [7, 11) is -3.22. The number of imidazole rings is 1. The van der Waals surface area contributed by atoms with E-state index in [9.17, 15) is 13.2 Å². The maximum atomic E-state index is 12.9. The van der Waals surface area contributed by atoms with Crippen LogP contribution >= 0.6 is 0 Å². The van der Waals surface area contributed by atoms with Gasteiger partial charge >= 0.3 is 0 Å². The molecule has 2 fully saturated rings. The van der Waals surface area contributed by atoms with Crippen LogP contribution in [0.25, 0.3) is 11.0 Å². The van der Waals surface area contributed by atoms with E-state index in [0.717, 1.165) is 28.9 Å². The monoisotopic (exact) mass is 493 g/mol. The van der Waals surface area contributed by atoms with E-state index in [0.29, 0.717) is 29.0 Å². The number of hydrogen-bond donors (Lipinski definition) is 1. The van der Waals surface area contributed by atoms with Crippen molar-refractivity contribution < 1.29 is 13.2 Å². The Kier molecular flexibility index (Phi) is 6.71. The van der Waals surface area contributed by atoms with E-state index in [1.165, 1.54) is 44.3 Å². The summed E-state index contributed by atoms with van der Waals surface area (Å²) in [6.07, 6.45) is 8.65. The summed E-state index contributed by atoms with van der Waals surface area (Å²) in [6.45, 7) is 4.33. The molecule has 1 aromatic heterocycles. The predicted octanol–water partition coefficient (Wildman–Crippen LogP) is 5.46. The summed E-state index contributed by atoms with van der Waals surface area (Å²) in [6, 6.07) is 13.1. The van der Waals surface area contributed by atoms with Gasteiger partial charge in [-0.05, 0) is 73.4 Å². The lowest BCUT2D eigenvalue weighted by Crippen LogP contribution is -2.22. The molecule has 5 rings (SSSR count). The summed E-state index contributed by atoms with van der Waals surface area (Å²) in [5.41, 5.74) is 3.49. The van der Waals surface area contributed by atoms with Crippen molar-refractivity contribution in [1.29, 1.82) is 0 Å². The Bertz CT molecular complexity index is 1320. The molecule has 1 heterocycles. The molecular weight excluding hydrogens is 458 g/mol. The van der Waals surface area contributed by atoms with Gasteiger partial charge in [-0.15, -0.1) is 0 Å². The van der Waals surface area contributed by atoms with Crippen LogP contribution in [-0.4, -0.2) is 29.6 Å². The van der Waals surface area contributed by atoms with Gasteiger partial charge in [0.05, 0.1) is 21.7 Å². The lowest BCUT2D eigenvalue weighted by atomic mass is 9.81. The number of amides is 1. The maximum absolute atomic E-state index is 12.9. The fourth-order valence-electron chi connectivity index (χ4n) is 5.23. The van der Waals surface area contributed by atoms with Gasteiger partial charge in [0.15, 0.2) is 9.84 Å². The van der Waals surface area contributed by atoms with Crippen molar-refractivity contribution >= 4 is 26.8 Å². The van der Waals surface area contributed by atoms with Crippen LogP contribution in [0.5, 0.6) is 0 Å². The van der Waals surface area contributed by atoms with Gasteiger partial charge < -0.3 is 9.88 Å². The second-order valence-electron chi connectivity index (χ2n) is 10.4. The van der Waals surface area contributed by atoms with Crippen LogP contribution < -0.4 is 5.32 Å². The van der Waals surface area contributed by atoms with Crippen molar-refractivity contribution in [3.8, 4) is 0 Å². The Morgan fingerprint density at radius 2 is 1.74 bits per heavy atom. The summed E-state index contributed by atoms with van der Waals surface area (Å²) in [4.78, 5) is 18.2. The number of aromatic nitrogens is 2. The molecule has 2 aromatic carbocycles. The van der Waals surface area contributed by atoms with Gasteiger partial charge in [-0.1, -0.05) is 38.8 Å². The van der Waals surface area contributed by atoms with Crippen LogP contribution in [0, 0.1) is 11.8 Å². The summed E-state index contributed by atoms with van der Waals surface area (Å²) >= 11 is 0. The minimum absolute atomic E-state index is 0.0731. The van der Waals surface area contributed by atoms with E-state index in [2.05, 4.69) is 16.8 Å². The Morgan fingerprint density at radius 3 is 2.40 bits per heavy atom. The van der Waals surface area contributed by atoms with Gasteiger partial charge in [-0.3, -0.25) is 4.79 Å². The van der Waals surface area contributed by atoms with E-state index in [-0.39, 0.29) is 11.7 Å². The zero-order chi connectivity index (χ0) is 24.6. The van der Waals surface area contributed by atoms with E-state index >= 15 is 0 Å². The van der Waals surface area contributed by atoms with Crippen LogP contribution in [0.1, 0.15) is 80.2 Å². The third-order valence-corrected chi connectivity index (χ3v) is 9.41. The van der Waals surface area contributed by atoms with Gasteiger partial charge in [-0.25, -0.2) is 13.4 Å². The molecule has 7 heteroatoms. The van der Waals surface area contributed by atoms with Crippen LogP contribution in [0.2, 0.25) is 0 Å². The Morgan fingerprint density at radius 1 is 1.03 bits per heavy atom. The number of nitrogens with zero attached hydrogens (tertiary/aromatic N) is 2. The van der Waals surface area contributed by atoms with E-state index in [1.807, 2.05) is 18.2 Å². The molecule has 186 valence electrons. The average Bonchev–Trinajstić information content (AvgIpc) is 3.64.